The number of carbonyl (C=O) groups excluding carboxylic acids is 2. The fraction of sp³-hybridized carbons (Fsp3) is 0.529. The lowest BCUT2D eigenvalue weighted by Gasteiger charge is -2.15. The van der Waals surface area contributed by atoms with Crippen molar-refractivity contribution in [2.45, 2.75) is 32.2 Å². The maximum Gasteiger partial charge on any atom is 0.214 e. The number of rotatable bonds is 7. The van der Waals surface area contributed by atoms with Gasteiger partial charge in [0.05, 0.1) is 6.61 Å². The molecule has 23 heavy (non-hydrogen) atoms. The summed E-state index contributed by atoms with van der Waals surface area (Å²) in [5.41, 5.74) is 11.4. The summed E-state index contributed by atoms with van der Waals surface area (Å²) in [5.74, 6) is 0.535. The zero-order chi connectivity index (χ0) is 17.1. The van der Waals surface area contributed by atoms with Crippen molar-refractivity contribution in [3.05, 3.63) is 29.8 Å². The van der Waals surface area contributed by atoms with Gasteiger partial charge in [0.15, 0.2) is 0 Å². The highest BCUT2D eigenvalue weighted by Crippen LogP contribution is 2.13. The molecular formula is C17H27N3O3. The van der Waals surface area contributed by atoms with Crippen LogP contribution >= 0.6 is 0 Å². The first-order valence-corrected chi connectivity index (χ1v) is 7.90. The number of aldehydes is 1. The van der Waals surface area contributed by atoms with E-state index >= 15 is 0 Å². The molecule has 0 spiro atoms. The number of benzene rings is 1. The number of nitrogens with zero attached hydrogens (tertiary/aromatic N) is 1. The molecule has 1 saturated heterocycles. The van der Waals surface area contributed by atoms with E-state index in [0.29, 0.717) is 12.5 Å². The van der Waals surface area contributed by atoms with E-state index in [-0.39, 0.29) is 5.91 Å². The minimum atomic E-state index is -0.333. The average Bonchev–Trinajstić information content (AvgIpc) is 2.91. The fourth-order valence-electron chi connectivity index (χ4n) is 2.36. The third-order valence-corrected chi connectivity index (χ3v) is 3.44. The van der Waals surface area contributed by atoms with Crippen molar-refractivity contribution in [3.63, 3.8) is 0 Å². The van der Waals surface area contributed by atoms with Gasteiger partial charge >= 0.3 is 0 Å². The Bertz CT molecular complexity index is 472. The van der Waals surface area contributed by atoms with E-state index in [9.17, 15) is 9.59 Å². The third-order valence-electron chi connectivity index (χ3n) is 3.44. The van der Waals surface area contributed by atoms with Gasteiger partial charge in [0.25, 0.3) is 0 Å². The number of carbonyl (C=O) groups is 2. The second-order valence-electron chi connectivity index (χ2n) is 5.68. The van der Waals surface area contributed by atoms with Gasteiger partial charge in [0, 0.05) is 32.5 Å². The van der Waals surface area contributed by atoms with Gasteiger partial charge in [-0.25, -0.2) is 0 Å². The Morgan fingerprint density at radius 1 is 1.39 bits per heavy atom. The molecule has 6 heteroatoms. The van der Waals surface area contributed by atoms with Crippen LogP contribution in [-0.2, 0) is 16.0 Å². The van der Waals surface area contributed by atoms with Gasteiger partial charge in [-0.2, -0.15) is 0 Å². The van der Waals surface area contributed by atoms with Crippen LogP contribution in [-0.4, -0.2) is 49.4 Å². The molecule has 6 nitrogen and oxygen atoms in total. The second kappa shape index (κ2) is 10.7. The van der Waals surface area contributed by atoms with Gasteiger partial charge < -0.3 is 25.9 Å². The number of hydrogen-bond acceptors (Lipinski definition) is 5. The van der Waals surface area contributed by atoms with Gasteiger partial charge in [0.2, 0.25) is 5.91 Å². The summed E-state index contributed by atoms with van der Waals surface area (Å²) in [5, 5.41) is 0. The minimum Gasteiger partial charge on any atom is -0.494 e. The number of nitrogens with two attached hydrogens (primary N) is 2. The quantitative estimate of drug-likeness (QED) is 0.569. The van der Waals surface area contributed by atoms with E-state index in [1.807, 2.05) is 24.3 Å². The SMILES string of the molecule is CC(N)=O.N[C@@H]1CCN(CCCOc2ccc(CC=O)cc2)C1. The molecule has 0 bridgehead atoms. The Hall–Kier alpha value is -1.92. The van der Waals surface area contributed by atoms with Crippen molar-refractivity contribution in [2.24, 2.45) is 11.5 Å². The van der Waals surface area contributed by atoms with E-state index in [1.165, 1.54) is 6.92 Å². The average molecular weight is 321 g/mol. The highest BCUT2D eigenvalue weighted by atomic mass is 16.5. The van der Waals surface area contributed by atoms with Crippen LogP contribution in [0.4, 0.5) is 0 Å². The maximum atomic E-state index is 10.4. The lowest BCUT2D eigenvalue weighted by Crippen LogP contribution is -2.28. The summed E-state index contributed by atoms with van der Waals surface area (Å²) in [4.78, 5) is 22.0. The molecule has 2 rings (SSSR count). The molecule has 0 aliphatic carbocycles. The number of ether oxygens (including phenoxy) is 1. The molecule has 1 aliphatic heterocycles. The molecule has 1 fully saturated rings. The van der Waals surface area contributed by atoms with Crippen LogP contribution in [0.25, 0.3) is 0 Å². The zero-order valence-corrected chi connectivity index (χ0v) is 13.7. The largest absolute Gasteiger partial charge is 0.494 e. The number of likely N-dealkylation sites (tertiary alicyclic amines) is 1. The molecule has 1 amide bonds. The molecule has 1 atom stereocenters. The minimum absolute atomic E-state index is 0.333. The molecule has 1 aliphatic rings. The zero-order valence-electron chi connectivity index (χ0n) is 13.7. The van der Waals surface area contributed by atoms with Gasteiger partial charge in [0.1, 0.15) is 12.0 Å². The molecule has 0 radical (unpaired) electrons. The predicted molar refractivity (Wildman–Crippen MR) is 90.2 cm³/mol. The standard InChI is InChI=1S/C15H22N2O2.C2H5NO/c16-14-6-9-17(12-14)8-1-11-19-15-4-2-13(3-5-15)7-10-18;1-2(3)4/h2-5,10,14H,1,6-9,11-12,16H2;1H3,(H2,3,4)/t14-;/m1./s1. The summed E-state index contributed by atoms with van der Waals surface area (Å²) in [6.45, 7) is 5.21. The molecule has 0 aromatic heterocycles. The first-order valence-electron chi connectivity index (χ1n) is 7.90. The molecule has 1 heterocycles. The molecule has 1 aromatic carbocycles. The Labute approximate surface area is 137 Å². The smallest absolute Gasteiger partial charge is 0.214 e. The summed E-state index contributed by atoms with van der Waals surface area (Å²) in [7, 11) is 0. The normalized spacial score (nSPS) is 17.2. The van der Waals surface area contributed by atoms with Crippen molar-refractivity contribution in [2.75, 3.05) is 26.2 Å². The van der Waals surface area contributed by atoms with E-state index in [0.717, 1.165) is 56.7 Å². The molecular weight excluding hydrogens is 294 g/mol. The second-order valence-corrected chi connectivity index (χ2v) is 5.68. The fourth-order valence-corrected chi connectivity index (χ4v) is 2.36. The van der Waals surface area contributed by atoms with E-state index in [1.54, 1.807) is 0 Å². The Balaban J connectivity index is 0.000000593. The Morgan fingerprint density at radius 2 is 2.04 bits per heavy atom. The van der Waals surface area contributed by atoms with E-state index < -0.39 is 0 Å². The summed E-state index contributed by atoms with van der Waals surface area (Å²) < 4.78 is 5.68. The monoisotopic (exact) mass is 321 g/mol. The number of hydrogen-bond donors (Lipinski definition) is 2. The van der Waals surface area contributed by atoms with Gasteiger partial charge in [-0.05, 0) is 37.1 Å². The van der Waals surface area contributed by atoms with Crippen molar-refractivity contribution in [1.29, 1.82) is 0 Å². The highest BCUT2D eigenvalue weighted by molar-refractivity contribution is 5.70. The Morgan fingerprint density at radius 3 is 2.57 bits per heavy atom. The highest BCUT2D eigenvalue weighted by Gasteiger charge is 2.17. The van der Waals surface area contributed by atoms with E-state index in [4.69, 9.17) is 10.5 Å². The van der Waals surface area contributed by atoms with Crippen molar-refractivity contribution in [1.82, 2.24) is 4.90 Å². The summed E-state index contributed by atoms with van der Waals surface area (Å²) >= 11 is 0. The van der Waals surface area contributed by atoms with Crippen molar-refractivity contribution < 1.29 is 14.3 Å². The number of amides is 1. The van der Waals surface area contributed by atoms with Crippen LogP contribution in [0, 0.1) is 0 Å². The summed E-state index contributed by atoms with van der Waals surface area (Å²) in [6.07, 6.45) is 3.51. The molecule has 4 N–H and O–H groups in total. The van der Waals surface area contributed by atoms with Crippen molar-refractivity contribution >= 4 is 12.2 Å². The van der Waals surface area contributed by atoms with Crippen LogP contribution in [0.3, 0.4) is 0 Å². The molecule has 0 unspecified atom stereocenters. The van der Waals surface area contributed by atoms with Crippen LogP contribution in [0.2, 0.25) is 0 Å². The van der Waals surface area contributed by atoms with Crippen LogP contribution < -0.4 is 16.2 Å². The predicted octanol–water partition coefficient (Wildman–Crippen LogP) is 0.722. The summed E-state index contributed by atoms with van der Waals surface area (Å²) in [6, 6.07) is 8.06. The van der Waals surface area contributed by atoms with Gasteiger partial charge in [-0.3, -0.25) is 4.79 Å². The first-order chi connectivity index (χ1) is 11.0. The molecule has 0 saturated carbocycles. The first kappa shape index (κ1) is 19.1. The van der Waals surface area contributed by atoms with E-state index in [2.05, 4.69) is 10.6 Å². The third kappa shape index (κ3) is 8.95. The van der Waals surface area contributed by atoms with Crippen LogP contribution in [0.5, 0.6) is 5.75 Å². The lowest BCUT2D eigenvalue weighted by atomic mass is 10.2. The molecule has 1 aromatic rings. The van der Waals surface area contributed by atoms with Gasteiger partial charge in [-0.15, -0.1) is 0 Å². The van der Waals surface area contributed by atoms with Crippen molar-refractivity contribution in [3.8, 4) is 5.75 Å². The van der Waals surface area contributed by atoms with Gasteiger partial charge in [-0.1, -0.05) is 12.1 Å². The Kier molecular flexibility index (Phi) is 8.94. The topological polar surface area (TPSA) is 98.7 Å². The maximum absolute atomic E-state index is 10.4. The number of primary amides is 1. The molecule has 128 valence electrons. The van der Waals surface area contributed by atoms with Crippen LogP contribution in [0.15, 0.2) is 24.3 Å². The van der Waals surface area contributed by atoms with Crippen LogP contribution in [0.1, 0.15) is 25.3 Å². The lowest BCUT2D eigenvalue weighted by molar-refractivity contribution is -0.116.